The highest BCUT2D eigenvalue weighted by Gasteiger charge is 2.29. The van der Waals surface area contributed by atoms with E-state index in [2.05, 4.69) is 27.9 Å². The summed E-state index contributed by atoms with van der Waals surface area (Å²) in [5.74, 6) is -1.72. The number of nitrogens with zero attached hydrogens (tertiary/aromatic N) is 2. The van der Waals surface area contributed by atoms with Crippen molar-refractivity contribution in [2.45, 2.75) is 18.6 Å². The van der Waals surface area contributed by atoms with Crippen LogP contribution in [0, 0.1) is 0 Å². The van der Waals surface area contributed by atoms with E-state index in [0.29, 0.717) is 5.69 Å². The van der Waals surface area contributed by atoms with Crippen LogP contribution in [0.1, 0.15) is 33.2 Å². The minimum atomic E-state index is -1.18. The number of nitrogens with one attached hydrogen (secondary N) is 2. The van der Waals surface area contributed by atoms with Gasteiger partial charge in [0.15, 0.2) is 6.10 Å². The zero-order valence-electron chi connectivity index (χ0n) is 19.4. The third-order valence-corrected chi connectivity index (χ3v) is 5.93. The molecule has 0 bridgehead atoms. The number of aryl methyl sites for hydroxylation is 1. The fourth-order valence-corrected chi connectivity index (χ4v) is 4.19. The number of aromatic nitrogens is 2. The molecule has 35 heavy (non-hydrogen) atoms. The predicted octanol–water partition coefficient (Wildman–Crippen LogP) is 2.29. The highest BCUT2D eigenvalue weighted by molar-refractivity contribution is 5.93. The van der Waals surface area contributed by atoms with Gasteiger partial charge in [0.25, 0.3) is 5.91 Å². The maximum atomic E-state index is 12.4. The number of ether oxygens (including phenoxy) is 2. The Labute approximate surface area is 201 Å². The van der Waals surface area contributed by atoms with Gasteiger partial charge in [-0.15, -0.1) is 0 Å². The number of amides is 2. The first-order chi connectivity index (χ1) is 16.9. The topological polar surface area (TPSA) is 132 Å². The molecule has 2 amide bonds. The highest BCUT2D eigenvalue weighted by Crippen LogP contribution is 2.44. The number of carbonyl (C=O) groups is 3. The zero-order chi connectivity index (χ0) is 24.9. The summed E-state index contributed by atoms with van der Waals surface area (Å²) >= 11 is 0. The average molecular weight is 479 g/mol. The smallest absolute Gasteiger partial charge is 0.407 e. The monoisotopic (exact) mass is 478 g/mol. The second kappa shape index (κ2) is 10.4. The van der Waals surface area contributed by atoms with E-state index in [0.717, 1.165) is 22.3 Å². The van der Waals surface area contributed by atoms with E-state index in [-0.39, 0.29) is 31.3 Å². The summed E-state index contributed by atoms with van der Waals surface area (Å²) in [6.45, 7) is 0.0662. The van der Waals surface area contributed by atoms with Crippen molar-refractivity contribution in [3.05, 3.63) is 77.1 Å². The van der Waals surface area contributed by atoms with Crippen molar-refractivity contribution in [2.75, 3.05) is 20.3 Å². The third kappa shape index (κ3) is 5.17. The van der Waals surface area contributed by atoms with Crippen molar-refractivity contribution in [1.29, 1.82) is 0 Å². The number of carboxylic acid groups (broad SMARTS) is 1. The summed E-state index contributed by atoms with van der Waals surface area (Å²) in [7, 11) is 2.83. The molecule has 4 rings (SSSR count). The molecule has 1 unspecified atom stereocenters. The Morgan fingerprint density at radius 3 is 2.29 bits per heavy atom. The zero-order valence-corrected chi connectivity index (χ0v) is 19.4. The molecule has 1 aliphatic carbocycles. The van der Waals surface area contributed by atoms with Gasteiger partial charge in [0.05, 0.1) is 18.8 Å². The SMILES string of the molecule is COC(CNC(=O)c1cc(CNC(=O)OCC2c3ccccc3-c3ccccc32)nn1C)C(=O)O. The van der Waals surface area contributed by atoms with E-state index in [1.807, 2.05) is 36.4 Å². The molecule has 3 aromatic rings. The molecule has 1 atom stereocenters. The van der Waals surface area contributed by atoms with Crippen LogP contribution in [-0.2, 0) is 27.9 Å². The summed E-state index contributed by atoms with van der Waals surface area (Å²) in [6.07, 6.45) is -1.74. The molecule has 1 aliphatic rings. The molecular weight excluding hydrogens is 452 g/mol. The Morgan fingerprint density at radius 2 is 1.69 bits per heavy atom. The lowest BCUT2D eigenvalue weighted by Crippen LogP contribution is -2.38. The Kier molecular flexibility index (Phi) is 7.11. The molecule has 2 aromatic carbocycles. The third-order valence-electron chi connectivity index (χ3n) is 5.93. The van der Waals surface area contributed by atoms with Crippen molar-refractivity contribution in [3.63, 3.8) is 0 Å². The van der Waals surface area contributed by atoms with Crippen LogP contribution in [0.15, 0.2) is 54.6 Å². The molecule has 1 aromatic heterocycles. The second-order valence-corrected chi connectivity index (χ2v) is 8.10. The maximum Gasteiger partial charge on any atom is 0.407 e. The number of rotatable bonds is 9. The molecular formula is C25H26N4O6. The summed E-state index contributed by atoms with van der Waals surface area (Å²) in [5.41, 5.74) is 5.22. The minimum absolute atomic E-state index is 0.0416. The molecule has 0 spiro atoms. The van der Waals surface area contributed by atoms with E-state index >= 15 is 0 Å². The van der Waals surface area contributed by atoms with Crippen LogP contribution in [0.3, 0.4) is 0 Å². The van der Waals surface area contributed by atoms with Crippen molar-refractivity contribution < 1.29 is 29.0 Å². The van der Waals surface area contributed by atoms with Gasteiger partial charge in [-0.2, -0.15) is 5.10 Å². The van der Waals surface area contributed by atoms with Crippen LogP contribution >= 0.6 is 0 Å². The molecule has 0 aliphatic heterocycles. The van der Waals surface area contributed by atoms with E-state index in [4.69, 9.17) is 14.6 Å². The van der Waals surface area contributed by atoms with Crippen molar-refractivity contribution in [3.8, 4) is 11.1 Å². The fraction of sp³-hybridized carbons (Fsp3) is 0.280. The molecule has 0 fully saturated rings. The predicted molar refractivity (Wildman–Crippen MR) is 126 cm³/mol. The number of fused-ring (bicyclic) bond motifs is 3. The van der Waals surface area contributed by atoms with Gasteiger partial charge in [-0.3, -0.25) is 9.48 Å². The lowest BCUT2D eigenvalue weighted by atomic mass is 9.98. The molecule has 0 radical (unpaired) electrons. The molecule has 10 nitrogen and oxygen atoms in total. The van der Waals surface area contributed by atoms with E-state index < -0.39 is 24.1 Å². The second-order valence-electron chi connectivity index (χ2n) is 8.10. The Hall–Kier alpha value is -4.18. The van der Waals surface area contributed by atoms with E-state index in [1.165, 1.54) is 17.9 Å². The first-order valence-electron chi connectivity index (χ1n) is 11.0. The lowest BCUT2D eigenvalue weighted by molar-refractivity contribution is -0.148. The van der Waals surface area contributed by atoms with Gasteiger partial charge in [-0.05, 0) is 28.3 Å². The summed E-state index contributed by atoms with van der Waals surface area (Å²) < 4.78 is 11.7. The van der Waals surface area contributed by atoms with Crippen LogP contribution in [0.5, 0.6) is 0 Å². The van der Waals surface area contributed by atoms with Gasteiger partial charge < -0.3 is 25.2 Å². The molecule has 1 heterocycles. The number of carboxylic acids is 1. The van der Waals surface area contributed by atoms with E-state index in [9.17, 15) is 14.4 Å². The number of hydrogen-bond acceptors (Lipinski definition) is 6. The Morgan fingerprint density at radius 1 is 1.06 bits per heavy atom. The first-order valence-corrected chi connectivity index (χ1v) is 11.0. The van der Waals surface area contributed by atoms with Crippen LogP contribution in [0.2, 0.25) is 0 Å². The summed E-state index contributed by atoms with van der Waals surface area (Å²) in [5, 5.41) is 18.4. The minimum Gasteiger partial charge on any atom is -0.479 e. The number of benzene rings is 2. The molecule has 10 heteroatoms. The van der Waals surface area contributed by atoms with Crippen molar-refractivity contribution >= 4 is 18.0 Å². The lowest BCUT2D eigenvalue weighted by Gasteiger charge is -2.14. The average Bonchev–Trinajstić information content (AvgIpc) is 3.39. The normalized spacial score (nSPS) is 13.0. The van der Waals surface area contributed by atoms with Crippen LogP contribution < -0.4 is 10.6 Å². The van der Waals surface area contributed by atoms with Crippen LogP contribution in [0.25, 0.3) is 11.1 Å². The van der Waals surface area contributed by atoms with Gasteiger partial charge in [0.1, 0.15) is 12.3 Å². The van der Waals surface area contributed by atoms with Gasteiger partial charge >= 0.3 is 12.1 Å². The van der Waals surface area contributed by atoms with Crippen LogP contribution in [0.4, 0.5) is 4.79 Å². The van der Waals surface area contributed by atoms with E-state index in [1.54, 1.807) is 7.05 Å². The summed E-state index contributed by atoms with van der Waals surface area (Å²) in [6, 6.07) is 17.7. The molecule has 182 valence electrons. The highest BCUT2D eigenvalue weighted by atomic mass is 16.5. The number of methoxy groups -OCH3 is 1. The number of carbonyl (C=O) groups excluding carboxylic acids is 2. The van der Waals surface area contributed by atoms with Gasteiger partial charge in [-0.1, -0.05) is 48.5 Å². The quantitative estimate of drug-likeness (QED) is 0.430. The number of alkyl carbamates (subject to hydrolysis) is 1. The first kappa shape index (κ1) is 24.0. The standard InChI is InChI=1S/C25H26N4O6/c1-29-21(23(30)26-13-22(34-2)24(31)32)11-15(28-29)12-27-25(33)35-14-20-18-9-5-3-7-16(18)17-8-4-6-10-19(17)20/h3-11,20,22H,12-14H2,1-2H3,(H,26,30)(H,27,33)(H,31,32). The van der Waals surface area contributed by atoms with Gasteiger partial charge in [-0.25, -0.2) is 9.59 Å². The largest absolute Gasteiger partial charge is 0.479 e. The van der Waals surface area contributed by atoms with Crippen molar-refractivity contribution in [2.24, 2.45) is 7.05 Å². The van der Waals surface area contributed by atoms with Gasteiger partial charge in [0, 0.05) is 20.1 Å². The Balaban J connectivity index is 1.31. The Bertz CT molecular complexity index is 1210. The summed E-state index contributed by atoms with van der Waals surface area (Å²) in [4.78, 5) is 35.8. The maximum absolute atomic E-state index is 12.4. The molecule has 3 N–H and O–H groups in total. The fourth-order valence-electron chi connectivity index (χ4n) is 4.19. The number of hydrogen-bond donors (Lipinski definition) is 3. The number of aliphatic carboxylic acids is 1. The van der Waals surface area contributed by atoms with Gasteiger partial charge in [0.2, 0.25) is 0 Å². The molecule has 0 saturated heterocycles. The van der Waals surface area contributed by atoms with Crippen molar-refractivity contribution in [1.82, 2.24) is 20.4 Å². The van der Waals surface area contributed by atoms with Crippen LogP contribution in [-0.4, -0.2) is 59.2 Å². The molecule has 0 saturated carbocycles.